The van der Waals surface area contributed by atoms with E-state index in [0.717, 1.165) is 44.1 Å². The van der Waals surface area contributed by atoms with Crippen molar-refractivity contribution in [3.8, 4) is 0 Å². The van der Waals surface area contributed by atoms with Gasteiger partial charge in [-0.05, 0) is 45.1 Å². The zero-order valence-corrected chi connectivity index (χ0v) is 11.8. The molecule has 19 heavy (non-hydrogen) atoms. The predicted molar refractivity (Wildman–Crippen MR) is 75.2 cm³/mol. The molecule has 3 rings (SSSR count). The summed E-state index contributed by atoms with van der Waals surface area (Å²) in [6.07, 6.45) is 8.02. The Labute approximate surface area is 115 Å². The number of nitrogens with zero attached hydrogens (tertiary/aromatic N) is 1. The molecule has 1 aromatic rings. The van der Waals surface area contributed by atoms with Crippen molar-refractivity contribution < 1.29 is 10.2 Å². The van der Waals surface area contributed by atoms with Crippen molar-refractivity contribution in [3.05, 3.63) is 23.0 Å². The number of aliphatic hydroxyl groups excluding tert-OH is 2. The Morgan fingerprint density at radius 1 is 1.05 bits per heavy atom. The van der Waals surface area contributed by atoms with Crippen LogP contribution in [0.1, 0.15) is 74.0 Å². The Morgan fingerprint density at radius 2 is 1.84 bits per heavy atom. The molecule has 2 N–H and O–H groups in total. The molecule has 0 aromatic carbocycles. The van der Waals surface area contributed by atoms with E-state index in [1.807, 2.05) is 0 Å². The Hall–Kier alpha value is -0.800. The van der Waals surface area contributed by atoms with Gasteiger partial charge in [-0.25, -0.2) is 0 Å². The highest BCUT2D eigenvalue weighted by Gasteiger charge is 2.30. The quantitative estimate of drug-likeness (QED) is 0.765. The third kappa shape index (κ3) is 2.34. The molecule has 3 unspecified atom stereocenters. The van der Waals surface area contributed by atoms with Crippen LogP contribution in [0.4, 0.5) is 0 Å². The van der Waals surface area contributed by atoms with Crippen molar-refractivity contribution >= 4 is 0 Å². The van der Waals surface area contributed by atoms with E-state index in [9.17, 15) is 10.2 Å². The summed E-state index contributed by atoms with van der Waals surface area (Å²) in [4.78, 5) is 0. The Kier molecular flexibility index (Phi) is 3.68. The fourth-order valence-electron chi connectivity index (χ4n) is 3.93. The number of hydrogen-bond acceptors (Lipinski definition) is 2. The van der Waals surface area contributed by atoms with Crippen LogP contribution in [-0.4, -0.2) is 20.9 Å². The van der Waals surface area contributed by atoms with Crippen LogP contribution in [-0.2, 0) is 6.42 Å². The zero-order valence-electron chi connectivity index (χ0n) is 11.8. The third-order valence-electron chi connectivity index (χ3n) is 4.89. The number of hydrogen-bond donors (Lipinski definition) is 2. The van der Waals surface area contributed by atoms with Crippen molar-refractivity contribution in [2.45, 2.75) is 76.5 Å². The van der Waals surface area contributed by atoms with E-state index in [1.54, 1.807) is 0 Å². The molecule has 3 heteroatoms. The molecule has 1 saturated carbocycles. The van der Waals surface area contributed by atoms with Gasteiger partial charge in [0.1, 0.15) is 0 Å². The first-order valence-electron chi connectivity index (χ1n) is 7.75. The maximum atomic E-state index is 10.4. The summed E-state index contributed by atoms with van der Waals surface area (Å²) < 4.78 is 2.34. The highest BCUT2D eigenvalue weighted by Crippen LogP contribution is 2.37. The summed E-state index contributed by atoms with van der Waals surface area (Å²) in [5.41, 5.74) is 3.60. The van der Waals surface area contributed by atoms with E-state index in [1.165, 1.54) is 24.2 Å². The van der Waals surface area contributed by atoms with Crippen LogP contribution in [0.15, 0.2) is 6.07 Å². The van der Waals surface area contributed by atoms with Gasteiger partial charge in [0.05, 0.1) is 18.2 Å². The van der Waals surface area contributed by atoms with Crippen LogP contribution in [0, 0.1) is 6.92 Å². The van der Waals surface area contributed by atoms with Gasteiger partial charge in [0.2, 0.25) is 0 Å². The highest BCUT2D eigenvalue weighted by molar-refractivity contribution is 5.32. The fourth-order valence-corrected chi connectivity index (χ4v) is 3.93. The molecule has 0 radical (unpaired) electrons. The molecule has 2 aliphatic carbocycles. The van der Waals surface area contributed by atoms with E-state index in [2.05, 4.69) is 17.6 Å². The lowest BCUT2D eigenvalue weighted by molar-refractivity contribution is 0.101. The van der Waals surface area contributed by atoms with Crippen LogP contribution in [0.25, 0.3) is 0 Å². The SMILES string of the molecule is Cc1cc2c(n1C1CCCCCC1O)CCCC2O. The van der Waals surface area contributed by atoms with Gasteiger partial charge in [-0.2, -0.15) is 0 Å². The van der Waals surface area contributed by atoms with Crippen molar-refractivity contribution in [1.82, 2.24) is 4.57 Å². The largest absolute Gasteiger partial charge is 0.391 e. The molecule has 1 aromatic heterocycles. The van der Waals surface area contributed by atoms with Gasteiger partial charge in [0.15, 0.2) is 0 Å². The lowest BCUT2D eigenvalue weighted by atomic mass is 9.94. The fraction of sp³-hybridized carbons (Fsp3) is 0.750. The minimum absolute atomic E-state index is 0.219. The topological polar surface area (TPSA) is 45.4 Å². The summed E-state index contributed by atoms with van der Waals surface area (Å²) in [5.74, 6) is 0. The first-order valence-corrected chi connectivity index (χ1v) is 7.75. The lowest BCUT2D eigenvalue weighted by Gasteiger charge is -2.28. The molecule has 106 valence electrons. The van der Waals surface area contributed by atoms with Crippen molar-refractivity contribution in [2.75, 3.05) is 0 Å². The number of aryl methyl sites for hydroxylation is 1. The minimum Gasteiger partial charge on any atom is -0.391 e. The van der Waals surface area contributed by atoms with Crippen LogP contribution in [0.3, 0.4) is 0 Å². The summed E-state index contributed by atoms with van der Waals surface area (Å²) in [7, 11) is 0. The standard InChI is InChI=1S/C16H25NO2/c1-11-10-12-13(7-5-9-15(12)18)17(11)14-6-3-2-4-8-16(14)19/h10,14-16,18-19H,2-9H2,1H3. The van der Waals surface area contributed by atoms with E-state index >= 15 is 0 Å². The molecule has 3 atom stereocenters. The highest BCUT2D eigenvalue weighted by atomic mass is 16.3. The lowest BCUT2D eigenvalue weighted by Crippen LogP contribution is -2.26. The molecule has 0 amide bonds. The van der Waals surface area contributed by atoms with Gasteiger partial charge >= 0.3 is 0 Å². The van der Waals surface area contributed by atoms with Crippen LogP contribution >= 0.6 is 0 Å². The average Bonchev–Trinajstić information content (AvgIpc) is 2.57. The van der Waals surface area contributed by atoms with Gasteiger partial charge in [-0.15, -0.1) is 0 Å². The third-order valence-corrected chi connectivity index (χ3v) is 4.89. The number of aromatic nitrogens is 1. The monoisotopic (exact) mass is 263 g/mol. The first kappa shape index (κ1) is 13.2. The minimum atomic E-state index is -0.299. The van der Waals surface area contributed by atoms with Crippen LogP contribution < -0.4 is 0 Å². The van der Waals surface area contributed by atoms with E-state index < -0.39 is 0 Å². The second kappa shape index (κ2) is 5.29. The van der Waals surface area contributed by atoms with Gasteiger partial charge < -0.3 is 14.8 Å². The first-order chi connectivity index (χ1) is 9.18. The molecule has 0 saturated heterocycles. The van der Waals surface area contributed by atoms with Gasteiger partial charge in [0, 0.05) is 17.0 Å². The molecular formula is C16H25NO2. The summed E-state index contributed by atoms with van der Waals surface area (Å²) in [5, 5.41) is 20.6. The molecule has 0 spiro atoms. The second-order valence-corrected chi connectivity index (χ2v) is 6.24. The number of rotatable bonds is 1. The summed E-state index contributed by atoms with van der Waals surface area (Å²) in [6.45, 7) is 2.11. The van der Waals surface area contributed by atoms with Gasteiger partial charge in [-0.3, -0.25) is 0 Å². The molecule has 2 aliphatic rings. The molecule has 1 heterocycles. The smallest absolute Gasteiger partial charge is 0.0807 e. The van der Waals surface area contributed by atoms with Crippen molar-refractivity contribution in [1.29, 1.82) is 0 Å². The molecule has 3 nitrogen and oxygen atoms in total. The van der Waals surface area contributed by atoms with E-state index in [-0.39, 0.29) is 18.2 Å². The van der Waals surface area contributed by atoms with Crippen molar-refractivity contribution in [2.24, 2.45) is 0 Å². The van der Waals surface area contributed by atoms with Gasteiger partial charge in [0.25, 0.3) is 0 Å². The zero-order chi connectivity index (χ0) is 13.4. The Balaban J connectivity index is 1.99. The molecular weight excluding hydrogens is 238 g/mol. The molecule has 1 fully saturated rings. The second-order valence-electron chi connectivity index (χ2n) is 6.24. The maximum absolute atomic E-state index is 10.4. The number of aliphatic hydroxyl groups is 2. The van der Waals surface area contributed by atoms with Crippen LogP contribution in [0.5, 0.6) is 0 Å². The van der Waals surface area contributed by atoms with E-state index in [0.29, 0.717) is 0 Å². The van der Waals surface area contributed by atoms with Crippen molar-refractivity contribution in [3.63, 3.8) is 0 Å². The normalized spacial score (nSPS) is 31.8. The van der Waals surface area contributed by atoms with Gasteiger partial charge in [-0.1, -0.05) is 19.3 Å². The maximum Gasteiger partial charge on any atom is 0.0807 e. The average molecular weight is 263 g/mol. The Morgan fingerprint density at radius 3 is 2.68 bits per heavy atom. The number of fused-ring (bicyclic) bond motifs is 1. The van der Waals surface area contributed by atoms with E-state index in [4.69, 9.17) is 0 Å². The Bertz CT molecular complexity index is 452. The molecule has 0 bridgehead atoms. The molecule has 0 aliphatic heterocycles. The summed E-state index contributed by atoms with van der Waals surface area (Å²) >= 11 is 0. The van der Waals surface area contributed by atoms with Crippen LogP contribution in [0.2, 0.25) is 0 Å². The summed E-state index contributed by atoms with van der Waals surface area (Å²) in [6, 6.07) is 2.35. The predicted octanol–water partition coefficient (Wildman–Crippen LogP) is 3.03.